The van der Waals surface area contributed by atoms with E-state index in [-0.39, 0.29) is 11.6 Å². The van der Waals surface area contributed by atoms with E-state index >= 15 is 0 Å². The molecule has 8 heteroatoms. The van der Waals surface area contributed by atoms with Crippen LogP contribution in [0.1, 0.15) is 28.9 Å². The predicted molar refractivity (Wildman–Crippen MR) is 85.2 cm³/mol. The molecule has 0 saturated heterocycles. The van der Waals surface area contributed by atoms with Crippen molar-refractivity contribution in [2.24, 2.45) is 5.10 Å². The first-order valence-corrected chi connectivity index (χ1v) is 7.04. The highest BCUT2D eigenvalue weighted by Gasteiger charge is 2.08. The van der Waals surface area contributed by atoms with Crippen LogP contribution in [-0.4, -0.2) is 27.2 Å². The number of carbonyl (C=O) groups is 1. The molecule has 2 N–H and O–H groups in total. The minimum atomic E-state index is -0.470. The Balaban J connectivity index is 1.83. The molecular formula is C15H17N5O3. The number of non-ortho nitro benzene ring substituents is 1. The number of carbonyl (C=O) groups excluding carboxylic acids is 1. The van der Waals surface area contributed by atoms with Gasteiger partial charge in [-0.1, -0.05) is 0 Å². The highest BCUT2D eigenvalue weighted by molar-refractivity contribution is 5.82. The number of aromatic nitrogens is 2. The summed E-state index contributed by atoms with van der Waals surface area (Å²) in [5.74, 6) is -0.205. The van der Waals surface area contributed by atoms with Crippen LogP contribution in [0.2, 0.25) is 0 Å². The van der Waals surface area contributed by atoms with Crippen molar-refractivity contribution in [3.8, 4) is 0 Å². The summed E-state index contributed by atoms with van der Waals surface area (Å²) in [5.41, 5.74) is 6.01. The minimum absolute atomic E-state index is 0.0111. The fraction of sp³-hybridized carbons (Fsp3) is 0.267. The maximum atomic E-state index is 11.7. The van der Waals surface area contributed by atoms with Crippen molar-refractivity contribution in [1.29, 1.82) is 0 Å². The zero-order valence-corrected chi connectivity index (χ0v) is 12.9. The summed E-state index contributed by atoms with van der Waals surface area (Å²) in [5, 5.41) is 21.3. The molecule has 0 saturated carbocycles. The number of hydrogen-bond acceptors (Lipinski definition) is 5. The van der Waals surface area contributed by atoms with Crippen molar-refractivity contribution in [2.45, 2.75) is 26.7 Å². The van der Waals surface area contributed by atoms with Gasteiger partial charge in [0.1, 0.15) is 0 Å². The fourth-order valence-electron chi connectivity index (χ4n) is 2.10. The van der Waals surface area contributed by atoms with E-state index in [0.29, 0.717) is 18.4 Å². The lowest BCUT2D eigenvalue weighted by molar-refractivity contribution is -0.384. The monoisotopic (exact) mass is 315 g/mol. The van der Waals surface area contributed by atoms with Crippen LogP contribution in [0, 0.1) is 24.0 Å². The fourth-order valence-corrected chi connectivity index (χ4v) is 2.10. The summed E-state index contributed by atoms with van der Waals surface area (Å²) < 4.78 is 0. The van der Waals surface area contributed by atoms with Crippen LogP contribution in [-0.2, 0) is 11.2 Å². The average Bonchev–Trinajstić information content (AvgIpc) is 2.84. The molecule has 23 heavy (non-hydrogen) atoms. The van der Waals surface area contributed by atoms with E-state index < -0.39 is 4.92 Å². The van der Waals surface area contributed by atoms with E-state index in [1.54, 1.807) is 12.1 Å². The Morgan fingerprint density at radius 1 is 1.39 bits per heavy atom. The summed E-state index contributed by atoms with van der Waals surface area (Å²) in [6.07, 6.45) is 2.34. The van der Waals surface area contributed by atoms with Crippen molar-refractivity contribution < 1.29 is 9.72 Å². The molecule has 2 aromatic rings. The van der Waals surface area contributed by atoms with Gasteiger partial charge in [-0.3, -0.25) is 20.0 Å². The maximum Gasteiger partial charge on any atom is 0.269 e. The van der Waals surface area contributed by atoms with Gasteiger partial charge in [0.15, 0.2) is 0 Å². The number of hydrazone groups is 1. The van der Waals surface area contributed by atoms with Gasteiger partial charge in [0, 0.05) is 24.2 Å². The Labute approximate surface area is 132 Å². The number of aryl methyl sites for hydroxylation is 2. The highest BCUT2D eigenvalue weighted by atomic mass is 16.6. The minimum Gasteiger partial charge on any atom is -0.282 e. The molecule has 0 bridgehead atoms. The topological polar surface area (TPSA) is 113 Å². The van der Waals surface area contributed by atoms with Crippen LogP contribution in [0.3, 0.4) is 0 Å². The molecule has 1 aromatic carbocycles. The van der Waals surface area contributed by atoms with Crippen LogP contribution in [0.5, 0.6) is 0 Å². The van der Waals surface area contributed by atoms with Gasteiger partial charge in [-0.15, -0.1) is 0 Å². The van der Waals surface area contributed by atoms with E-state index in [1.807, 2.05) is 13.8 Å². The number of amides is 1. The zero-order chi connectivity index (χ0) is 16.8. The van der Waals surface area contributed by atoms with Crippen molar-refractivity contribution in [1.82, 2.24) is 15.6 Å². The summed E-state index contributed by atoms with van der Waals surface area (Å²) >= 11 is 0. The van der Waals surface area contributed by atoms with Gasteiger partial charge in [-0.05, 0) is 43.5 Å². The molecule has 0 radical (unpaired) electrons. The van der Waals surface area contributed by atoms with Crippen LogP contribution in [0.15, 0.2) is 29.4 Å². The molecule has 0 unspecified atom stereocenters. The number of nitrogens with one attached hydrogen (secondary N) is 2. The van der Waals surface area contributed by atoms with Gasteiger partial charge < -0.3 is 0 Å². The standard InChI is InChI=1S/C15H17N5O3/c1-10-14(11(2)18-17-10)7-8-15(21)19-16-9-12-3-5-13(6-4-12)20(22)23/h3-6,9H,7-8H2,1-2H3,(H,17,18)(H,19,21)/b16-9+. The van der Waals surface area contributed by atoms with Gasteiger partial charge in [-0.2, -0.15) is 10.2 Å². The largest absolute Gasteiger partial charge is 0.282 e. The molecule has 0 aliphatic carbocycles. The van der Waals surface area contributed by atoms with Gasteiger partial charge in [0.2, 0.25) is 5.91 Å². The summed E-state index contributed by atoms with van der Waals surface area (Å²) in [7, 11) is 0. The summed E-state index contributed by atoms with van der Waals surface area (Å²) in [6, 6.07) is 5.89. The van der Waals surface area contributed by atoms with Crippen LogP contribution in [0.25, 0.3) is 0 Å². The Morgan fingerprint density at radius 2 is 2.09 bits per heavy atom. The SMILES string of the molecule is Cc1n[nH]c(C)c1CCC(=O)N/N=C/c1ccc([N+](=O)[O-])cc1. The van der Waals surface area contributed by atoms with Crippen LogP contribution >= 0.6 is 0 Å². The summed E-state index contributed by atoms with van der Waals surface area (Å²) in [4.78, 5) is 21.8. The maximum absolute atomic E-state index is 11.7. The molecule has 8 nitrogen and oxygen atoms in total. The van der Waals surface area contributed by atoms with Gasteiger partial charge in [0.25, 0.3) is 5.69 Å². The number of nitro groups is 1. The number of rotatable bonds is 6. The number of aromatic amines is 1. The lowest BCUT2D eigenvalue weighted by Gasteiger charge is -2.01. The quantitative estimate of drug-likeness (QED) is 0.482. The molecule has 1 heterocycles. The van der Waals surface area contributed by atoms with Gasteiger partial charge in [0.05, 0.1) is 16.8 Å². The lowest BCUT2D eigenvalue weighted by Crippen LogP contribution is -2.18. The average molecular weight is 315 g/mol. The second-order valence-corrected chi connectivity index (χ2v) is 5.05. The summed E-state index contributed by atoms with van der Waals surface area (Å²) in [6.45, 7) is 3.81. The predicted octanol–water partition coefficient (Wildman–Crippen LogP) is 2.02. The molecule has 0 spiro atoms. The third kappa shape index (κ3) is 4.47. The molecule has 0 fully saturated rings. The zero-order valence-electron chi connectivity index (χ0n) is 12.9. The van der Waals surface area contributed by atoms with E-state index in [4.69, 9.17) is 0 Å². The van der Waals surface area contributed by atoms with Crippen LogP contribution in [0.4, 0.5) is 5.69 Å². The van der Waals surface area contributed by atoms with E-state index in [1.165, 1.54) is 18.3 Å². The molecule has 0 aliphatic heterocycles. The van der Waals surface area contributed by atoms with Crippen LogP contribution < -0.4 is 5.43 Å². The van der Waals surface area contributed by atoms with Crippen molar-refractivity contribution in [3.63, 3.8) is 0 Å². The van der Waals surface area contributed by atoms with Gasteiger partial charge >= 0.3 is 0 Å². The van der Waals surface area contributed by atoms with Crippen molar-refractivity contribution in [3.05, 3.63) is 56.9 Å². The second kappa shape index (κ2) is 7.30. The number of nitrogens with zero attached hydrogens (tertiary/aromatic N) is 3. The molecule has 1 amide bonds. The second-order valence-electron chi connectivity index (χ2n) is 5.05. The lowest BCUT2D eigenvalue weighted by atomic mass is 10.1. The third-order valence-corrected chi connectivity index (χ3v) is 3.39. The number of hydrogen-bond donors (Lipinski definition) is 2. The molecular weight excluding hydrogens is 298 g/mol. The third-order valence-electron chi connectivity index (χ3n) is 3.39. The number of nitro benzene ring substituents is 1. The molecule has 0 atom stereocenters. The normalized spacial score (nSPS) is 10.9. The smallest absolute Gasteiger partial charge is 0.269 e. The van der Waals surface area contributed by atoms with Crippen molar-refractivity contribution in [2.75, 3.05) is 0 Å². The van der Waals surface area contributed by atoms with E-state index in [0.717, 1.165) is 17.0 Å². The number of benzene rings is 1. The molecule has 2 rings (SSSR count). The first kappa shape index (κ1) is 16.3. The Bertz CT molecular complexity index is 715. The first-order valence-electron chi connectivity index (χ1n) is 7.04. The molecule has 1 aromatic heterocycles. The Kier molecular flexibility index (Phi) is 5.19. The van der Waals surface area contributed by atoms with E-state index in [9.17, 15) is 14.9 Å². The Hall–Kier alpha value is -3.03. The van der Waals surface area contributed by atoms with Crippen molar-refractivity contribution >= 4 is 17.8 Å². The first-order chi connectivity index (χ1) is 11.0. The highest BCUT2D eigenvalue weighted by Crippen LogP contribution is 2.12. The van der Waals surface area contributed by atoms with E-state index in [2.05, 4.69) is 20.7 Å². The number of H-pyrrole nitrogens is 1. The Morgan fingerprint density at radius 3 is 2.65 bits per heavy atom. The molecule has 0 aliphatic rings. The van der Waals surface area contributed by atoms with Gasteiger partial charge in [-0.25, -0.2) is 5.43 Å². The molecule has 120 valence electrons.